The maximum atomic E-state index is 10.6. The van der Waals surface area contributed by atoms with Gasteiger partial charge in [0.2, 0.25) is 0 Å². The Hall–Kier alpha value is -2.06. The summed E-state index contributed by atoms with van der Waals surface area (Å²) in [7, 11) is 0. The minimum Gasteiger partial charge on any atom is -0.339 e. The van der Waals surface area contributed by atoms with Gasteiger partial charge < -0.3 is 4.98 Å². The molecule has 1 aromatic heterocycles. The van der Waals surface area contributed by atoms with E-state index < -0.39 is 0 Å². The second-order valence-corrected chi connectivity index (χ2v) is 4.01. The van der Waals surface area contributed by atoms with Crippen LogP contribution in [0, 0.1) is 11.3 Å². The molecule has 2 rings (SSSR count). The summed E-state index contributed by atoms with van der Waals surface area (Å²) >= 11 is 1.36. The Morgan fingerprint density at radius 2 is 2.38 bits per heavy atom. The van der Waals surface area contributed by atoms with Gasteiger partial charge in [-0.15, -0.1) is 0 Å². The number of nitrogens with one attached hydrogen (secondary N) is 1. The Labute approximate surface area is 96.3 Å². The topological polar surface area (TPSA) is 69.5 Å². The third-order valence-corrected chi connectivity index (χ3v) is 2.93. The van der Waals surface area contributed by atoms with Gasteiger partial charge in [0, 0.05) is 22.9 Å². The molecule has 1 N–H and O–H groups in total. The molecule has 0 unspecified atom stereocenters. The summed E-state index contributed by atoms with van der Waals surface area (Å²) in [4.78, 5) is 18.3. The Morgan fingerprint density at radius 3 is 3.00 bits per heavy atom. The lowest BCUT2D eigenvalue weighted by atomic mass is 10.1. The summed E-state index contributed by atoms with van der Waals surface area (Å²) in [6, 6.07) is 7.05. The van der Waals surface area contributed by atoms with Gasteiger partial charge in [0.05, 0.1) is 5.56 Å². The van der Waals surface area contributed by atoms with Crippen LogP contribution in [-0.4, -0.2) is 16.3 Å². The van der Waals surface area contributed by atoms with E-state index in [9.17, 15) is 4.79 Å². The molecule has 0 amide bonds. The average molecular weight is 229 g/mol. The van der Waals surface area contributed by atoms with E-state index in [0.29, 0.717) is 11.1 Å². The number of carbonyl (C=O) groups is 1. The summed E-state index contributed by atoms with van der Waals surface area (Å²) < 4.78 is 0. The number of imidazole rings is 1. The fourth-order valence-electron chi connectivity index (χ4n) is 1.21. The molecule has 0 aliphatic carbocycles. The maximum Gasteiger partial charge on any atom is 0.170 e. The van der Waals surface area contributed by atoms with Crippen LogP contribution in [0.4, 0.5) is 0 Å². The van der Waals surface area contributed by atoms with Crippen molar-refractivity contribution < 1.29 is 4.79 Å². The van der Waals surface area contributed by atoms with E-state index in [1.807, 2.05) is 0 Å². The van der Waals surface area contributed by atoms with Crippen molar-refractivity contribution in [3.8, 4) is 6.07 Å². The Kier molecular flexibility index (Phi) is 3.03. The van der Waals surface area contributed by atoms with Crippen molar-refractivity contribution in [3.05, 3.63) is 41.7 Å². The van der Waals surface area contributed by atoms with Gasteiger partial charge in [0.1, 0.15) is 12.4 Å². The Morgan fingerprint density at radius 1 is 1.50 bits per heavy atom. The van der Waals surface area contributed by atoms with Crippen LogP contribution in [0.25, 0.3) is 0 Å². The average Bonchev–Trinajstić information content (AvgIpc) is 2.82. The number of hydrogen-bond acceptors (Lipinski definition) is 4. The van der Waals surface area contributed by atoms with Crippen molar-refractivity contribution in [2.24, 2.45) is 0 Å². The van der Waals surface area contributed by atoms with Crippen LogP contribution in [0.3, 0.4) is 0 Å². The van der Waals surface area contributed by atoms with Crippen LogP contribution in [0.2, 0.25) is 0 Å². The monoisotopic (exact) mass is 229 g/mol. The van der Waals surface area contributed by atoms with Gasteiger partial charge in [0.15, 0.2) is 5.16 Å². The number of H-pyrrole nitrogens is 1. The predicted octanol–water partition coefficient (Wildman–Crippen LogP) is 2.25. The summed E-state index contributed by atoms with van der Waals surface area (Å²) in [5, 5.41) is 9.68. The van der Waals surface area contributed by atoms with Crippen molar-refractivity contribution in [2.75, 3.05) is 0 Å². The van der Waals surface area contributed by atoms with Crippen molar-refractivity contribution in [1.29, 1.82) is 5.26 Å². The number of hydrogen-bond donors (Lipinski definition) is 1. The maximum absolute atomic E-state index is 10.6. The first kappa shape index (κ1) is 10.5. The number of rotatable bonds is 3. The van der Waals surface area contributed by atoms with Crippen molar-refractivity contribution >= 4 is 18.0 Å². The first-order chi connectivity index (χ1) is 7.83. The van der Waals surface area contributed by atoms with Gasteiger partial charge in [-0.2, -0.15) is 5.26 Å². The van der Waals surface area contributed by atoms with Crippen LogP contribution >= 0.6 is 11.8 Å². The van der Waals surface area contributed by atoms with E-state index in [4.69, 9.17) is 5.26 Å². The molecule has 78 valence electrons. The lowest BCUT2D eigenvalue weighted by Crippen LogP contribution is -1.86. The molecule has 0 bridgehead atoms. The highest BCUT2D eigenvalue weighted by Crippen LogP contribution is 2.27. The smallest absolute Gasteiger partial charge is 0.170 e. The minimum atomic E-state index is 0.478. The highest BCUT2D eigenvalue weighted by molar-refractivity contribution is 7.99. The van der Waals surface area contributed by atoms with E-state index in [-0.39, 0.29) is 0 Å². The number of benzene rings is 1. The second-order valence-electron chi connectivity index (χ2n) is 2.98. The van der Waals surface area contributed by atoms with Crippen molar-refractivity contribution in [2.45, 2.75) is 10.1 Å². The third kappa shape index (κ3) is 2.12. The van der Waals surface area contributed by atoms with Gasteiger partial charge in [-0.05, 0) is 12.1 Å². The first-order valence-electron chi connectivity index (χ1n) is 4.50. The fraction of sp³-hybridized carbons (Fsp3) is 0. The standard InChI is InChI=1S/C11H7N3OS/c12-6-9-5-8(7-15)1-2-10(9)16-11-13-3-4-14-11/h1-5,7H,(H,13,14). The molecule has 1 aromatic carbocycles. The van der Waals surface area contributed by atoms with Crippen LogP contribution in [-0.2, 0) is 0 Å². The zero-order valence-corrected chi connectivity index (χ0v) is 8.99. The Balaban J connectivity index is 2.34. The Bertz CT molecular complexity index is 543. The molecular formula is C11H7N3OS. The molecule has 16 heavy (non-hydrogen) atoms. The van der Waals surface area contributed by atoms with Gasteiger partial charge in [-0.1, -0.05) is 17.8 Å². The molecule has 2 aromatic rings. The molecule has 0 radical (unpaired) electrons. The number of aldehydes is 1. The van der Waals surface area contributed by atoms with Crippen LogP contribution in [0.1, 0.15) is 15.9 Å². The first-order valence-corrected chi connectivity index (χ1v) is 5.31. The normalized spacial score (nSPS) is 9.69. The molecule has 0 spiro atoms. The number of carbonyl (C=O) groups excluding carboxylic acids is 1. The molecule has 1 heterocycles. The number of aromatic amines is 1. The van der Waals surface area contributed by atoms with Crippen molar-refractivity contribution in [3.63, 3.8) is 0 Å². The summed E-state index contributed by atoms with van der Waals surface area (Å²) in [5.74, 6) is 0. The molecular weight excluding hydrogens is 222 g/mol. The van der Waals surface area contributed by atoms with Gasteiger partial charge in [-0.3, -0.25) is 4.79 Å². The summed E-state index contributed by atoms with van der Waals surface area (Å²) in [6.45, 7) is 0. The third-order valence-electron chi connectivity index (χ3n) is 1.94. The zero-order valence-electron chi connectivity index (χ0n) is 8.18. The van der Waals surface area contributed by atoms with E-state index in [1.54, 1.807) is 30.6 Å². The van der Waals surface area contributed by atoms with Gasteiger partial charge >= 0.3 is 0 Å². The molecule has 0 saturated carbocycles. The number of aromatic nitrogens is 2. The van der Waals surface area contributed by atoms with Crippen LogP contribution in [0.15, 0.2) is 40.6 Å². The molecule has 0 atom stereocenters. The number of nitriles is 1. The summed E-state index contributed by atoms with van der Waals surface area (Å²) in [5.41, 5.74) is 0.978. The quantitative estimate of drug-likeness (QED) is 0.819. The van der Waals surface area contributed by atoms with Gasteiger partial charge in [0.25, 0.3) is 0 Å². The molecule has 0 aliphatic heterocycles. The minimum absolute atomic E-state index is 0.478. The molecule has 0 fully saturated rings. The molecule has 0 saturated heterocycles. The predicted molar refractivity (Wildman–Crippen MR) is 59.3 cm³/mol. The fourth-order valence-corrected chi connectivity index (χ4v) is 2.01. The van der Waals surface area contributed by atoms with E-state index in [1.165, 1.54) is 11.8 Å². The highest BCUT2D eigenvalue weighted by atomic mass is 32.2. The second kappa shape index (κ2) is 4.64. The highest BCUT2D eigenvalue weighted by Gasteiger charge is 2.06. The number of nitrogens with zero attached hydrogens (tertiary/aromatic N) is 2. The van der Waals surface area contributed by atoms with E-state index >= 15 is 0 Å². The van der Waals surface area contributed by atoms with E-state index in [2.05, 4.69) is 16.0 Å². The lowest BCUT2D eigenvalue weighted by molar-refractivity contribution is 0.112. The molecule has 0 aliphatic rings. The van der Waals surface area contributed by atoms with Gasteiger partial charge in [-0.25, -0.2) is 4.98 Å². The van der Waals surface area contributed by atoms with E-state index in [0.717, 1.165) is 16.3 Å². The lowest BCUT2D eigenvalue weighted by Gasteiger charge is -2.01. The largest absolute Gasteiger partial charge is 0.339 e. The molecule has 4 nitrogen and oxygen atoms in total. The summed E-state index contributed by atoms with van der Waals surface area (Å²) in [6.07, 6.45) is 4.09. The van der Waals surface area contributed by atoms with Crippen LogP contribution in [0.5, 0.6) is 0 Å². The van der Waals surface area contributed by atoms with Crippen molar-refractivity contribution in [1.82, 2.24) is 9.97 Å². The zero-order chi connectivity index (χ0) is 11.4. The SMILES string of the molecule is N#Cc1cc(C=O)ccc1Sc1ncc[nH]1. The van der Waals surface area contributed by atoms with Crippen LogP contribution < -0.4 is 0 Å². The molecule has 5 heteroatoms.